The van der Waals surface area contributed by atoms with E-state index < -0.39 is 17.6 Å². The predicted octanol–water partition coefficient (Wildman–Crippen LogP) is 2.82. The molecule has 0 radical (unpaired) electrons. The Bertz CT molecular complexity index is 461. The third-order valence-corrected chi connectivity index (χ3v) is 2.62. The zero-order valence-electron chi connectivity index (χ0n) is 11.0. The topological polar surface area (TPSA) is 58.6 Å². The molecule has 0 heterocycles. The van der Waals surface area contributed by atoms with Crippen LogP contribution in [0.2, 0.25) is 0 Å². The Labute approximate surface area is 114 Å². The highest BCUT2D eigenvalue weighted by Gasteiger charge is 2.34. The van der Waals surface area contributed by atoms with Gasteiger partial charge in [-0.1, -0.05) is 0 Å². The highest BCUT2D eigenvalue weighted by Crippen LogP contribution is 2.37. The van der Waals surface area contributed by atoms with Gasteiger partial charge in [0.05, 0.1) is 18.4 Å². The maximum atomic E-state index is 12.9. The lowest BCUT2D eigenvalue weighted by Gasteiger charge is -2.15. The number of methoxy groups -OCH3 is 1. The van der Waals surface area contributed by atoms with Crippen molar-refractivity contribution < 1.29 is 27.8 Å². The van der Waals surface area contributed by atoms with Crippen molar-refractivity contribution in [3.8, 4) is 5.75 Å². The second-order valence-corrected chi connectivity index (χ2v) is 4.14. The fourth-order valence-corrected chi connectivity index (χ4v) is 1.60. The lowest BCUT2D eigenvalue weighted by molar-refractivity contribution is -0.137. The van der Waals surface area contributed by atoms with Gasteiger partial charge in [0.1, 0.15) is 5.75 Å². The van der Waals surface area contributed by atoms with Crippen LogP contribution in [0.5, 0.6) is 5.75 Å². The highest BCUT2D eigenvalue weighted by molar-refractivity contribution is 5.91. The Morgan fingerprint density at radius 2 is 2.05 bits per heavy atom. The highest BCUT2D eigenvalue weighted by atomic mass is 19.4. The molecule has 1 rings (SSSR count). The number of rotatable bonds is 6. The molecule has 1 aromatic carbocycles. The van der Waals surface area contributed by atoms with E-state index >= 15 is 0 Å². The van der Waals surface area contributed by atoms with Crippen LogP contribution >= 0.6 is 0 Å². The van der Waals surface area contributed by atoms with Gasteiger partial charge in [-0.15, -0.1) is 0 Å². The third kappa shape index (κ3) is 4.73. The number of ether oxygens (including phenoxy) is 1. The molecule has 0 fully saturated rings. The fourth-order valence-electron chi connectivity index (χ4n) is 1.60. The standard InChI is InChI=1S/C13H16F3NO3/c1-20-9-5-6-11(10(8-9)13(14,15)16)17-12(19)4-2-3-7-18/h5-6,8,18H,2-4,7H2,1H3,(H,17,19). The summed E-state index contributed by atoms with van der Waals surface area (Å²) in [6.07, 6.45) is -3.67. The number of alkyl halides is 3. The first-order valence-corrected chi connectivity index (χ1v) is 6.04. The summed E-state index contributed by atoms with van der Waals surface area (Å²) in [7, 11) is 1.27. The first kappa shape index (κ1) is 16.3. The van der Waals surface area contributed by atoms with Crippen molar-refractivity contribution >= 4 is 11.6 Å². The van der Waals surface area contributed by atoms with Crippen molar-refractivity contribution in [3.63, 3.8) is 0 Å². The molecule has 0 atom stereocenters. The van der Waals surface area contributed by atoms with Crippen LogP contribution in [0.15, 0.2) is 18.2 Å². The van der Waals surface area contributed by atoms with Crippen molar-refractivity contribution in [1.82, 2.24) is 0 Å². The average molecular weight is 291 g/mol. The molecule has 0 aliphatic heterocycles. The average Bonchev–Trinajstić information content (AvgIpc) is 2.38. The number of amides is 1. The first-order valence-electron chi connectivity index (χ1n) is 6.04. The number of unbranched alkanes of at least 4 members (excludes halogenated alkanes) is 1. The van der Waals surface area contributed by atoms with Gasteiger partial charge in [0.2, 0.25) is 5.91 Å². The lowest BCUT2D eigenvalue weighted by Crippen LogP contribution is -2.16. The van der Waals surface area contributed by atoms with Crippen molar-refractivity contribution in [1.29, 1.82) is 0 Å². The van der Waals surface area contributed by atoms with Crippen LogP contribution in [0.3, 0.4) is 0 Å². The molecule has 0 saturated heterocycles. The summed E-state index contributed by atoms with van der Waals surface area (Å²) >= 11 is 0. The molecule has 0 aliphatic rings. The summed E-state index contributed by atoms with van der Waals surface area (Å²) in [5.74, 6) is -0.454. The maximum Gasteiger partial charge on any atom is 0.418 e. The van der Waals surface area contributed by atoms with Crippen LogP contribution in [0, 0.1) is 0 Å². The molecule has 2 N–H and O–H groups in total. The quantitative estimate of drug-likeness (QED) is 0.792. The van der Waals surface area contributed by atoms with Gasteiger partial charge in [0.25, 0.3) is 0 Å². The van der Waals surface area contributed by atoms with E-state index in [1.54, 1.807) is 0 Å². The second kappa shape index (κ2) is 7.14. The zero-order chi connectivity index (χ0) is 15.2. The minimum absolute atomic E-state index is 0.0520. The summed E-state index contributed by atoms with van der Waals surface area (Å²) in [5, 5.41) is 10.8. The molecule has 4 nitrogen and oxygen atoms in total. The molecule has 0 bridgehead atoms. The largest absolute Gasteiger partial charge is 0.497 e. The van der Waals surface area contributed by atoms with Crippen LogP contribution in [0.1, 0.15) is 24.8 Å². The van der Waals surface area contributed by atoms with Crippen LogP contribution in [0.25, 0.3) is 0 Å². The van der Waals surface area contributed by atoms with Gasteiger partial charge >= 0.3 is 6.18 Å². The number of hydrogen-bond acceptors (Lipinski definition) is 3. The molecule has 0 unspecified atom stereocenters. The number of anilines is 1. The number of benzene rings is 1. The number of nitrogens with one attached hydrogen (secondary N) is 1. The molecule has 0 aliphatic carbocycles. The molecule has 7 heteroatoms. The van der Waals surface area contributed by atoms with Gasteiger partial charge in [-0.2, -0.15) is 13.2 Å². The maximum absolute atomic E-state index is 12.9. The van der Waals surface area contributed by atoms with E-state index in [4.69, 9.17) is 9.84 Å². The van der Waals surface area contributed by atoms with Crippen LogP contribution in [0.4, 0.5) is 18.9 Å². The molecule has 0 aromatic heterocycles. The number of halogens is 3. The monoisotopic (exact) mass is 291 g/mol. The minimum Gasteiger partial charge on any atom is -0.497 e. The summed E-state index contributed by atoms with van der Waals surface area (Å²) < 4.78 is 43.4. The molecule has 20 heavy (non-hydrogen) atoms. The molecule has 0 spiro atoms. The smallest absolute Gasteiger partial charge is 0.418 e. The van der Waals surface area contributed by atoms with E-state index in [0.29, 0.717) is 12.8 Å². The van der Waals surface area contributed by atoms with E-state index in [0.717, 1.165) is 12.1 Å². The Morgan fingerprint density at radius 1 is 1.35 bits per heavy atom. The lowest BCUT2D eigenvalue weighted by atomic mass is 10.1. The number of aliphatic hydroxyl groups is 1. The van der Waals surface area contributed by atoms with Gasteiger partial charge in [0, 0.05) is 13.0 Å². The van der Waals surface area contributed by atoms with E-state index in [9.17, 15) is 18.0 Å². The molecular weight excluding hydrogens is 275 g/mol. The zero-order valence-corrected chi connectivity index (χ0v) is 11.0. The summed E-state index contributed by atoms with van der Waals surface area (Å²) in [6.45, 7) is -0.0520. The van der Waals surface area contributed by atoms with Gasteiger partial charge < -0.3 is 15.2 Å². The summed E-state index contributed by atoms with van der Waals surface area (Å²) in [5.41, 5.74) is -1.25. The summed E-state index contributed by atoms with van der Waals surface area (Å²) in [6, 6.07) is 3.34. The number of hydrogen-bond donors (Lipinski definition) is 2. The van der Waals surface area contributed by atoms with Crippen molar-refractivity contribution in [2.45, 2.75) is 25.4 Å². The molecule has 112 valence electrons. The van der Waals surface area contributed by atoms with Crippen molar-refractivity contribution in [2.75, 3.05) is 19.0 Å². The van der Waals surface area contributed by atoms with E-state index in [-0.39, 0.29) is 24.5 Å². The first-order chi connectivity index (χ1) is 9.38. The van der Waals surface area contributed by atoms with Gasteiger partial charge in [-0.25, -0.2) is 0 Å². The van der Waals surface area contributed by atoms with E-state index in [1.807, 2.05) is 0 Å². The second-order valence-electron chi connectivity index (χ2n) is 4.14. The number of carbonyl (C=O) groups is 1. The van der Waals surface area contributed by atoms with Gasteiger partial charge in [-0.3, -0.25) is 4.79 Å². The van der Waals surface area contributed by atoms with Crippen LogP contribution in [-0.4, -0.2) is 24.7 Å². The predicted molar refractivity (Wildman–Crippen MR) is 67.6 cm³/mol. The van der Waals surface area contributed by atoms with Gasteiger partial charge in [-0.05, 0) is 31.0 Å². The Morgan fingerprint density at radius 3 is 2.60 bits per heavy atom. The SMILES string of the molecule is COc1ccc(NC(=O)CCCCO)c(C(F)(F)F)c1. The molecule has 1 aromatic rings. The number of aliphatic hydroxyl groups excluding tert-OH is 1. The molecule has 1 amide bonds. The van der Waals surface area contributed by atoms with E-state index in [1.165, 1.54) is 13.2 Å². The molecular formula is C13H16F3NO3. The molecule has 0 saturated carbocycles. The van der Waals surface area contributed by atoms with Crippen molar-refractivity contribution in [2.24, 2.45) is 0 Å². The van der Waals surface area contributed by atoms with Crippen LogP contribution < -0.4 is 10.1 Å². The Balaban J connectivity index is 2.86. The summed E-state index contributed by atoms with van der Waals surface area (Å²) in [4.78, 5) is 11.5. The van der Waals surface area contributed by atoms with E-state index in [2.05, 4.69) is 5.32 Å². The third-order valence-electron chi connectivity index (χ3n) is 2.62. The minimum atomic E-state index is -4.58. The normalized spacial score (nSPS) is 11.2. The number of carbonyl (C=O) groups excluding carboxylic acids is 1. The van der Waals surface area contributed by atoms with Gasteiger partial charge in [0.15, 0.2) is 0 Å². The Hall–Kier alpha value is -1.76. The van der Waals surface area contributed by atoms with Crippen molar-refractivity contribution in [3.05, 3.63) is 23.8 Å². The Kier molecular flexibility index (Phi) is 5.82. The van der Waals surface area contributed by atoms with Crippen LogP contribution in [-0.2, 0) is 11.0 Å². The fraction of sp³-hybridized carbons (Fsp3) is 0.462.